The predicted octanol–water partition coefficient (Wildman–Crippen LogP) is 0.409. The Balaban J connectivity index is 3.42. The summed E-state index contributed by atoms with van der Waals surface area (Å²) in [5.74, 6) is -0.182. The third-order valence-corrected chi connectivity index (χ3v) is 2.59. The van der Waals surface area contributed by atoms with Crippen LogP contribution >= 0.6 is 0 Å². The molecule has 0 spiro atoms. The van der Waals surface area contributed by atoms with Gasteiger partial charge in [-0.05, 0) is 32.2 Å². The lowest BCUT2D eigenvalue weighted by molar-refractivity contribution is -0.143. The SMILES string of the molecule is CCC(CCN)NCCC(=O)OCCCCO. The summed E-state index contributed by atoms with van der Waals surface area (Å²) in [5, 5.41) is 11.8. The number of ether oxygens (including phenoxy) is 1. The highest BCUT2D eigenvalue weighted by Crippen LogP contribution is 1.97. The fraction of sp³-hybridized carbons (Fsp3) is 0.917. The molecule has 0 fully saturated rings. The molecule has 5 heteroatoms. The standard InChI is InChI=1S/C12H26N2O3/c1-2-11(5-7-13)14-8-6-12(16)17-10-4-3-9-15/h11,14-15H,2-10,13H2,1H3. The number of hydrogen-bond donors (Lipinski definition) is 3. The van der Waals surface area contributed by atoms with Gasteiger partial charge in [0.15, 0.2) is 0 Å². The number of nitrogens with one attached hydrogen (secondary N) is 1. The number of aliphatic hydroxyl groups is 1. The number of carbonyl (C=O) groups excluding carboxylic acids is 1. The van der Waals surface area contributed by atoms with Gasteiger partial charge in [0.1, 0.15) is 0 Å². The maximum absolute atomic E-state index is 11.3. The topological polar surface area (TPSA) is 84.6 Å². The predicted molar refractivity (Wildman–Crippen MR) is 67.6 cm³/mol. The molecule has 1 unspecified atom stereocenters. The fourth-order valence-electron chi connectivity index (χ4n) is 1.50. The molecule has 0 saturated carbocycles. The summed E-state index contributed by atoms with van der Waals surface area (Å²) in [6, 6.07) is 0.391. The van der Waals surface area contributed by atoms with Crippen LogP contribution in [-0.4, -0.2) is 43.4 Å². The van der Waals surface area contributed by atoms with E-state index in [0.717, 1.165) is 19.3 Å². The van der Waals surface area contributed by atoms with Gasteiger partial charge >= 0.3 is 5.97 Å². The van der Waals surface area contributed by atoms with Crippen LogP contribution in [-0.2, 0) is 9.53 Å². The highest BCUT2D eigenvalue weighted by molar-refractivity contribution is 5.69. The Bertz CT molecular complexity index is 189. The fourth-order valence-corrected chi connectivity index (χ4v) is 1.50. The Labute approximate surface area is 104 Å². The maximum atomic E-state index is 11.3. The average molecular weight is 246 g/mol. The van der Waals surface area contributed by atoms with Crippen LogP contribution in [0.5, 0.6) is 0 Å². The van der Waals surface area contributed by atoms with E-state index in [9.17, 15) is 4.79 Å². The summed E-state index contributed by atoms with van der Waals surface area (Å²) in [6.45, 7) is 3.95. The number of nitrogens with two attached hydrogens (primary N) is 1. The van der Waals surface area contributed by atoms with Gasteiger partial charge in [0, 0.05) is 19.2 Å². The zero-order valence-electron chi connectivity index (χ0n) is 10.8. The van der Waals surface area contributed by atoms with Crippen molar-refractivity contribution in [1.29, 1.82) is 0 Å². The molecular formula is C12H26N2O3. The van der Waals surface area contributed by atoms with Gasteiger partial charge in [-0.3, -0.25) is 4.79 Å². The molecule has 5 nitrogen and oxygen atoms in total. The smallest absolute Gasteiger partial charge is 0.307 e. The Hall–Kier alpha value is -0.650. The maximum Gasteiger partial charge on any atom is 0.307 e. The Morgan fingerprint density at radius 3 is 2.82 bits per heavy atom. The van der Waals surface area contributed by atoms with Crippen LogP contribution in [0.3, 0.4) is 0 Å². The molecule has 0 saturated heterocycles. The van der Waals surface area contributed by atoms with Gasteiger partial charge < -0.3 is 20.9 Å². The summed E-state index contributed by atoms with van der Waals surface area (Å²) in [7, 11) is 0. The van der Waals surface area contributed by atoms with Crippen LogP contribution in [0.4, 0.5) is 0 Å². The number of rotatable bonds is 11. The molecular weight excluding hydrogens is 220 g/mol. The third kappa shape index (κ3) is 10.2. The van der Waals surface area contributed by atoms with Crippen molar-refractivity contribution in [2.45, 2.75) is 45.1 Å². The molecule has 17 heavy (non-hydrogen) atoms. The van der Waals surface area contributed by atoms with Crippen LogP contribution in [0.1, 0.15) is 39.0 Å². The van der Waals surface area contributed by atoms with Crippen LogP contribution in [0.2, 0.25) is 0 Å². The number of hydrogen-bond acceptors (Lipinski definition) is 5. The van der Waals surface area contributed by atoms with E-state index < -0.39 is 0 Å². The van der Waals surface area contributed by atoms with Gasteiger partial charge in [0.2, 0.25) is 0 Å². The highest BCUT2D eigenvalue weighted by Gasteiger charge is 2.06. The number of esters is 1. The van der Waals surface area contributed by atoms with Crippen LogP contribution in [0, 0.1) is 0 Å². The second kappa shape index (κ2) is 11.8. The molecule has 0 aromatic rings. The summed E-state index contributed by atoms with van der Waals surface area (Å²) in [5.41, 5.74) is 5.48. The molecule has 102 valence electrons. The van der Waals surface area contributed by atoms with Crippen molar-refractivity contribution < 1.29 is 14.6 Å². The van der Waals surface area contributed by atoms with Crippen molar-refractivity contribution >= 4 is 5.97 Å². The van der Waals surface area contributed by atoms with E-state index in [1.54, 1.807) is 0 Å². The normalized spacial score (nSPS) is 12.4. The van der Waals surface area contributed by atoms with Gasteiger partial charge in [-0.2, -0.15) is 0 Å². The first-order chi connectivity index (χ1) is 8.24. The minimum Gasteiger partial charge on any atom is -0.466 e. The highest BCUT2D eigenvalue weighted by atomic mass is 16.5. The zero-order chi connectivity index (χ0) is 12.9. The molecule has 0 aliphatic heterocycles. The molecule has 0 amide bonds. The molecule has 0 bridgehead atoms. The van der Waals surface area contributed by atoms with Gasteiger partial charge in [-0.1, -0.05) is 6.92 Å². The second-order valence-electron chi connectivity index (χ2n) is 4.04. The average Bonchev–Trinajstić information content (AvgIpc) is 2.33. The van der Waals surface area contributed by atoms with Crippen molar-refractivity contribution in [3.63, 3.8) is 0 Å². The van der Waals surface area contributed by atoms with Crippen LogP contribution < -0.4 is 11.1 Å². The van der Waals surface area contributed by atoms with Gasteiger partial charge in [-0.25, -0.2) is 0 Å². The van der Waals surface area contributed by atoms with E-state index in [1.165, 1.54) is 0 Å². The molecule has 0 aromatic carbocycles. The molecule has 4 N–H and O–H groups in total. The quantitative estimate of drug-likeness (QED) is 0.363. The largest absolute Gasteiger partial charge is 0.466 e. The van der Waals surface area contributed by atoms with Crippen LogP contribution in [0.15, 0.2) is 0 Å². The summed E-state index contributed by atoms with van der Waals surface area (Å²) < 4.78 is 5.00. The van der Waals surface area contributed by atoms with Crippen molar-refractivity contribution in [2.75, 3.05) is 26.3 Å². The van der Waals surface area contributed by atoms with Crippen molar-refractivity contribution in [2.24, 2.45) is 5.73 Å². The molecule has 1 atom stereocenters. The van der Waals surface area contributed by atoms with Gasteiger partial charge in [0.25, 0.3) is 0 Å². The molecule has 0 radical (unpaired) electrons. The van der Waals surface area contributed by atoms with Gasteiger partial charge in [0.05, 0.1) is 13.0 Å². The lowest BCUT2D eigenvalue weighted by Gasteiger charge is -2.15. The van der Waals surface area contributed by atoms with Crippen molar-refractivity contribution in [3.05, 3.63) is 0 Å². The lowest BCUT2D eigenvalue weighted by atomic mass is 10.1. The summed E-state index contributed by atoms with van der Waals surface area (Å²) >= 11 is 0. The minimum absolute atomic E-state index is 0.149. The third-order valence-electron chi connectivity index (χ3n) is 2.59. The minimum atomic E-state index is -0.182. The van der Waals surface area contributed by atoms with E-state index in [2.05, 4.69) is 12.2 Å². The molecule has 0 aromatic heterocycles. The number of aliphatic hydroxyl groups excluding tert-OH is 1. The summed E-state index contributed by atoms with van der Waals surface area (Å²) in [4.78, 5) is 11.3. The van der Waals surface area contributed by atoms with E-state index >= 15 is 0 Å². The number of carbonyl (C=O) groups is 1. The summed E-state index contributed by atoms with van der Waals surface area (Å²) in [6.07, 6.45) is 3.74. The lowest BCUT2D eigenvalue weighted by Crippen LogP contribution is -2.32. The van der Waals surface area contributed by atoms with E-state index in [-0.39, 0.29) is 12.6 Å². The zero-order valence-corrected chi connectivity index (χ0v) is 10.8. The molecule has 0 aliphatic carbocycles. The Morgan fingerprint density at radius 2 is 2.24 bits per heavy atom. The number of unbranched alkanes of at least 4 members (excludes halogenated alkanes) is 1. The molecule has 0 heterocycles. The van der Waals surface area contributed by atoms with E-state index in [4.69, 9.17) is 15.6 Å². The first-order valence-electron chi connectivity index (χ1n) is 6.44. The van der Waals surface area contributed by atoms with E-state index in [1.807, 2.05) is 0 Å². The monoisotopic (exact) mass is 246 g/mol. The van der Waals surface area contributed by atoms with Crippen molar-refractivity contribution in [1.82, 2.24) is 5.32 Å². The van der Waals surface area contributed by atoms with Crippen LogP contribution in [0.25, 0.3) is 0 Å². The Morgan fingerprint density at radius 1 is 1.47 bits per heavy atom. The molecule has 0 rings (SSSR count). The van der Waals surface area contributed by atoms with Gasteiger partial charge in [-0.15, -0.1) is 0 Å². The first-order valence-corrected chi connectivity index (χ1v) is 6.44. The van der Waals surface area contributed by atoms with E-state index in [0.29, 0.717) is 38.6 Å². The molecule has 0 aliphatic rings. The first kappa shape index (κ1) is 16.4. The van der Waals surface area contributed by atoms with Crippen molar-refractivity contribution in [3.8, 4) is 0 Å². The second-order valence-corrected chi connectivity index (χ2v) is 4.04. The Kier molecular flexibility index (Phi) is 11.4.